The fraction of sp³-hybridized carbons (Fsp3) is 0.167. The zero-order chi connectivity index (χ0) is 18.1. The van der Waals surface area contributed by atoms with Gasteiger partial charge in [-0.2, -0.15) is 0 Å². The molecule has 0 amide bonds. The minimum absolute atomic E-state index is 0.00948. The molecule has 25 heavy (non-hydrogen) atoms. The van der Waals surface area contributed by atoms with E-state index in [9.17, 15) is 14.4 Å². The van der Waals surface area contributed by atoms with Gasteiger partial charge < -0.3 is 9.47 Å². The summed E-state index contributed by atoms with van der Waals surface area (Å²) in [5.74, 6) is -1.39. The maximum absolute atomic E-state index is 12.8. The smallest absolute Gasteiger partial charge is 0.338 e. The van der Waals surface area contributed by atoms with Crippen molar-refractivity contribution in [3.05, 3.63) is 63.9 Å². The van der Waals surface area contributed by atoms with Gasteiger partial charge in [-0.05, 0) is 24.3 Å². The summed E-state index contributed by atoms with van der Waals surface area (Å²) >= 11 is 0. The van der Waals surface area contributed by atoms with Crippen LogP contribution in [-0.4, -0.2) is 35.5 Å². The van der Waals surface area contributed by atoms with Crippen LogP contribution >= 0.6 is 0 Å². The van der Waals surface area contributed by atoms with Crippen LogP contribution < -0.4 is 5.56 Å². The number of para-hydroxylation sites is 1. The lowest BCUT2D eigenvalue weighted by Gasteiger charge is -2.08. The Morgan fingerprint density at radius 2 is 1.48 bits per heavy atom. The lowest BCUT2D eigenvalue weighted by Crippen LogP contribution is -2.19. The Balaban J connectivity index is 2.38. The number of fused-ring (bicyclic) bond motifs is 1. The number of aryl methyl sites for hydroxylation is 1. The van der Waals surface area contributed by atoms with Crippen LogP contribution in [0.3, 0.4) is 0 Å². The van der Waals surface area contributed by atoms with Crippen molar-refractivity contribution in [1.82, 2.24) is 9.36 Å². The van der Waals surface area contributed by atoms with Crippen LogP contribution in [0.1, 0.15) is 20.7 Å². The predicted octanol–water partition coefficient (Wildman–Crippen LogP) is 1.90. The molecule has 0 saturated heterocycles. The number of aromatic nitrogens is 2. The summed E-state index contributed by atoms with van der Waals surface area (Å²) in [6, 6.07) is 11.9. The standard InChI is InChI=1S/C18H16N2O5/c1-19-15-10-13(18(23)25-3)12(17(22)24-2)9-14(15)16(21)20(19)11-7-5-4-6-8-11/h4-10H,1-3H3. The summed E-state index contributed by atoms with van der Waals surface area (Å²) in [5.41, 5.74) is 0.907. The van der Waals surface area contributed by atoms with Gasteiger partial charge in [0.05, 0.1) is 41.9 Å². The van der Waals surface area contributed by atoms with Gasteiger partial charge in [0.1, 0.15) is 0 Å². The number of esters is 2. The monoisotopic (exact) mass is 340 g/mol. The molecule has 7 heteroatoms. The number of benzene rings is 2. The fourth-order valence-electron chi connectivity index (χ4n) is 2.80. The Bertz CT molecular complexity index is 1030. The molecule has 0 radical (unpaired) electrons. The number of methoxy groups -OCH3 is 2. The van der Waals surface area contributed by atoms with Crippen LogP contribution in [0.4, 0.5) is 0 Å². The van der Waals surface area contributed by atoms with Gasteiger partial charge in [0.25, 0.3) is 5.56 Å². The highest BCUT2D eigenvalue weighted by Gasteiger charge is 2.23. The number of hydrogen-bond donors (Lipinski definition) is 0. The van der Waals surface area contributed by atoms with Crippen LogP contribution in [-0.2, 0) is 16.5 Å². The molecular weight excluding hydrogens is 324 g/mol. The predicted molar refractivity (Wildman–Crippen MR) is 91.2 cm³/mol. The molecule has 2 aromatic carbocycles. The van der Waals surface area contributed by atoms with E-state index in [4.69, 9.17) is 9.47 Å². The van der Waals surface area contributed by atoms with Crippen molar-refractivity contribution in [3.63, 3.8) is 0 Å². The van der Waals surface area contributed by atoms with E-state index >= 15 is 0 Å². The number of hydrogen-bond acceptors (Lipinski definition) is 5. The van der Waals surface area contributed by atoms with Crippen LogP contribution in [0.25, 0.3) is 16.6 Å². The lowest BCUT2D eigenvalue weighted by molar-refractivity contribution is 0.0555. The number of ether oxygens (including phenoxy) is 2. The normalized spacial score (nSPS) is 10.7. The molecule has 0 saturated carbocycles. The Morgan fingerprint density at radius 3 is 2.04 bits per heavy atom. The minimum atomic E-state index is -0.711. The fourth-order valence-corrected chi connectivity index (χ4v) is 2.80. The summed E-state index contributed by atoms with van der Waals surface area (Å²) < 4.78 is 12.6. The van der Waals surface area contributed by atoms with Gasteiger partial charge in [-0.3, -0.25) is 9.48 Å². The van der Waals surface area contributed by atoms with E-state index in [1.807, 2.05) is 18.2 Å². The van der Waals surface area contributed by atoms with Crippen molar-refractivity contribution in [3.8, 4) is 5.69 Å². The van der Waals surface area contributed by atoms with Gasteiger partial charge in [-0.1, -0.05) is 18.2 Å². The summed E-state index contributed by atoms with van der Waals surface area (Å²) in [6.07, 6.45) is 0. The average Bonchev–Trinajstić information content (AvgIpc) is 2.90. The lowest BCUT2D eigenvalue weighted by atomic mass is 10.0. The third-order valence-electron chi connectivity index (χ3n) is 4.02. The van der Waals surface area contributed by atoms with E-state index in [1.165, 1.54) is 31.0 Å². The Kier molecular flexibility index (Phi) is 4.14. The molecule has 3 rings (SSSR count). The molecule has 0 spiro atoms. The van der Waals surface area contributed by atoms with Crippen molar-refractivity contribution >= 4 is 22.8 Å². The first-order valence-electron chi connectivity index (χ1n) is 7.47. The second-order valence-electron chi connectivity index (χ2n) is 5.37. The third kappa shape index (κ3) is 2.59. The van der Waals surface area contributed by atoms with Crippen LogP contribution in [0.15, 0.2) is 47.3 Å². The van der Waals surface area contributed by atoms with Gasteiger partial charge in [-0.25, -0.2) is 14.3 Å². The maximum atomic E-state index is 12.8. The van der Waals surface area contributed by atoms with Gasteiger partial charge in [0.2, 0.25) is 0 Å². The first-order chi connectivity index (χ1) is 12.0. The van der Waals surface area contributed by atoms with Crippen molar-refractivity contribution < 1.29 is 19.1 Å². The second-order valence-corrected chi connectivity index (χ2v) is 5.37. The Labute approximate surface area is 143 Å². The SMILES string of the molecule is COC(=O)c1cc2c(=O)n(-c3ccccc3)n(C)c2cc1C(=O)OC. The summed E-state index contributed by atoms with van der Waals surface area (Å²) in [5, 5.41) is 0.305. The highest BCUT2D eigenvalue weighted by atomic mass is 16.5. The van der Waals surface area contributed by atoms with Crippen molar-refractivity contribution in [2.75, 3.05) is 14.2 Å². The van der Waals surface area contributed by atoms with E-state index in [1.54, 1.807) is 23.9 Å². The molecule has 0 fully saturated rings. The molecule has 0 atom stereocenters. The third-order valence-corrected chi connectivity index (χ3v) is 4.02. The topological polar surface area (TPSA) is 79.5 Å². The molecule has 7 nitrogen and oxygen atoms in total. The minimum Gasteiger partial charge on any atom is -0.465 e. The van der Waals surface area contributed by atoms with Crippen LogP contribution in [0, 0.1) is 0 Å². The highest BCUT2D eigenvalue weighted by molar-refractivity contribution is 6.06. The van der Waals surface area contributed by atoms with E-state index in [0.29, 0.717) is 16.6 Å². The van der Waals surface area contributed by atoms with Crippen molar-refractivity contribution in [2.24, 2.45) is 7.05 Å². The number of nitrogens with zero attached hydrogens (tertiary/aromatic N) is 2. The second kappa shape index (κ2) is 6.27. The molecular formula is C18H16N2O5. The molecule has 0 aliphatic heterocycles. The van der Waals surface area contributed by atoms with Crippen LogP contribution in [0.5, 0.6) is 0 Å². The zero-order valence-electron chi connectivity index (χ0n) is 14.0. The Hall–Kier alpha value is -3.35. The first kappa shape index (κ1) is 16.5. The number of rotatable bonds is 3. The van der Waals surface area contributed by atoms with Gasteiger partial charge in [-0.15, -0.1) is 0 Å². The highest BCUT2D eigenvalue weighted by Crippen LogP contribution is 2.21. The van der Waals surface area contributed by atoms with Gasteiger partial charge >= 0.3 is 11.9 Å². The van der Waals surface area contributed by atoms with Gasteiger partial charge in [0, 0.05) is 7.05 Å². The molecule has 0 aliphatic carbocycles. The zero-order valence-corrected chi connectivity index (χ0v) is 14.0. The van der Waals surface area contributed by atoms with Crippen molar-refractivity contribution in [1.29, 1.82) is 0 Å². The molecule has 0 unspecified atom stereocenters. The summed E-state index contributed by atoms with van der Waals surface area (Å²) in [6.45, 7) is 0. The number of carbonyl (C=O) groups is 2. The van der Waals surface area contributed by atoms with E-state index in [2.05, 4.69) is 0 Å². The van der Waals surface area contributed by atoms with Crippen LogP contribution in [0.2, 0.25) is 0 Å². The molecule has 0 aliphatic rings. The molecule has 128 valence electrons. The van der Waals surface area contributed by atoms with Crippen molar-refractivity contribution in [2.45, 2.75) is 0 Å². The number of carbonyl (C=O) groups excluding carboxylic acids is 2. The quantitative estimate of drug-likeness (QED) is 0.681. The molecule has 0 N–H and O–H groups in total. The average molecular weight is 340 g/mol. The van der Waals surface area contributed by atoms with Gasteiger partial charge in [0.15, 0.2) is 0 Å². The maximum Gasteiger partial charge on any atom is 0.338 e. The van der Waals surface area contributed by atoms with E-state index in [0.717, 1.165) is 0 Å². The summed E-state index contributed by atoms with van der Waals surface area (Å²) in [7, 11) is 4.14. The molecule has 1 aromatic heterocycles. The molecule has 0 bridgehead atoms. The molecule has 3 aromatic rings. The van der Waals surface area contributed by atoms with E-state index in [-0.39, 0.29) is 16.7 Å². The largest absolute Gasteiger partial charge is 0.465 e. The van der Waals surface area contributed by atoms with E-state index < -0.39 is 11.9 Å². The summed E-state index contributed by atoms with van der Waals surface area (Å²) in [4.78, 5) is 36.9. The molecule has 1 heterocycles. The first-order valence-corrected chi connectivity index (χ1v) is 7.47. The Morgan fingerprint density at radius 1 is 0.920 bits per heavy atom.